The van der Waals surface area contributed by atoms with Crippen molar-refractivity contribution in [1.82, 2.24) is 0 Å². The molecule has 0 radical (unpaired) electrons. The van der Waals surface area contributed by atoms with Crippen molar-refractivity contribution in [2.75, 3.05) is 12.8 Å². The molecule has 0 spiro atoms. The van der Waals surface area contributed by atoms with Crippen LogP contribution in [0, 0.1) is 5.92 Å². The van der Waals surface area contributed by atoms with Gasteiger partial charge in [0, 0.05) is 11.2 Å². The summed E-state index contributed by atoms with van der Waals surface area (Å²) in [4.78, 5) is 4.45. The summed E-state index contributed by atoms with van der Waals surface area (Å²) in [6.45, 7) is 3.07. The minimum atomic E-state index is 0.592. The summed E-state index contributed by atoms with van der Waals surface area (Å²) < 4.78 is 0. The van der Waals surface area contributed by atoms with Gasteiger partial charge in [0.05, 0.1) is 12.4 Å². The third-order valence-electron chi connectivity index (χ3n) is 2.71. The average Bonchev–Trinajstić information content (AvgIpc) is 2.66. The van der Waals surface area contributed by atoms with Crippen LogP contribution in [-0.2, 0) is 0 Å². The molecule has 1 rings (SSSR count). The Morgan fingerprint density at radius 3 is 2.69 bits per heavy atom. The van der Waals surface area contributed by atoms with E-state index < -0.39 is 0 Å². The number of hydrogen-bond acceptors (Lipinski definition) is 2. The van der Waals surface area contributed by atoms with Gasteiger partial charge < -0.3 is 5.73 Å². The Balaban J connectivity index is 2.32. The molecular formula is C10H20N2S. The van der Waals surface area contributed by atoms with Crippen molar-refractivity contribution < 1.29 is 0 Å². The van der Waals surface area contributed by atoms with Crippen LogP contribution >= 0.6 is 11.8 Å². The van der Waals surface area contributed by atoms with Gasteiger partial charge in [-0.25, -0.2) is 0 Å². The molecular weight excluding hydrogens is 180 g/mol. The first-order chi connectivity index (χ1) is 6.24. The van der Waals surface area contributed by atoms with Gasteiger partial charge in [-0.15, -0.1) is 0 Å². The highest BCUT2D eigenvalue weighted by Gasteiger charge is 2.18. The highest BCUT2D eigenvalue weighted by molar-refractivity contribution is 7.99. The number of hydrogen-bond donors (Lipinski definition) is 1. The number of amidine groups is 1. The molecule has 1 atom stereocenters. The topological polar surface area (TPSA) is 38.4 Å². The van der Waals surface area contributed by atoms with E-state index in [2.05, 4.69) is 18.2 Å². The number of aliphatic imine (C=N–C) groups is 1. The van der Waals surface area contributed by atoms with E-state index in [1.54, 1.807) is 0 Å². The molecule has 0 bridgehead atoms. The van der Waals surface area contributed by atoms with Gasteiger partial charge in [-0.1, -0.05) is 19.8 Å². The van der Waals surface area contributed by atoms with E-state index in [9.17, 15) is 0 Å². The zero-order valence-corrected chi connectivity index (χ0v) is 9.44. The Kier molecular flexibility index (Phi) is 4.64. The summed E-state index contributed by atoms with van der Waals surface area (Å²) >= 11 is 1.85. The van der Waals surface area contributed by atoms with Crippen LogP contribution < -0.4 is 5.73 Å². The van der Waals surface area contributed by atoms with E-state index in [-0.39, 0.29) is 0 Å². The molecule has 0 aromatic heterocycles. The largest absolute Gasteiger partial charge is 0.387 e. The number of thioether (sulfide) groups is 1. The fourth-order valence-corrected chi connectivity index (χ4v) is 1.88. The van der Waals surface area contributed by atoms with Crippen molar-refractivity contribution in [3.05, 3.63) is 0 Å². The maximum absolute atomic E-state index is 5.92. The Morgan fingerprint density at radius 1 is 1.54 bits per heavy atom. The molecule has 13 heavy (non-hydrogen) atoms. The van der Waals surface area contributed by atoms with E-state index >= 15 is 0 Å². The molecule has 0 saturated heterocycles. The summed E-state index contributed by atoms with van der Waals surface area (Å²) in [7, 11) is 0. The van der Waals surface area contributed by atoms with Crippen LogP contribution in [-0.4, -0.2) is 23.9 Å². The fourth-order valence-electron chi connectivity index (χ4n) is 1.66. The Hall–Kier alpha value is -0.180. The lowest BCUT2D eigenvalue weighted by atomic mass is 10.1. The lowest BCUT2D eigenvalue weighted by molar-refractivity contribution is 0.714. The molecule has 1 aliphatic rings. The molecule has 1 unspecified atom stereocenters. The third kappa shape index (κ3) is 3.59. The number of nitrogens with zero attached hydrogens (tertiary/aromatic N) is 1. The van der Waals surface area contributed by atoms with Crippen LogP contribution in [0.15, 0.2) is 4.99 Å². The summed E-state index contributed by atoms with van der Waals surface area (Å²) in [5.41, 5.74) is 5.92. The molecule has 0 aromatic carbocycles. The minimum absolute atomic E-state index is 0.592. The third-order valence-corrected chi connectivity index (χ3v) is 3.66. The van der Waals surface area contributed by atoms with Crippen LogP contribution in [0.2, 0.25) is 0 Å². The molecule has 0 aliphatic heterocycles. The van der Waals surface area contributed by atoms with Crippen molar-refractivity contribution >= 4 is 17.6 Å². The van der Waals surface area contributed by atoms with Crippen molar-refractivity contribution in [3.63, 3.8) is 0 Å². The van der Waals surface area contributed by atoms with Gasteiger partial charge in [0.25, 0.3) is 0 Å². The lowest BCUT2D eigenvalue weighted by Crippen LogP contribution is -2.22. The zero-order chi connectivity index (χ0) is 9.68. The van der Waals surface area contributed by atoms with Crippen LogP contribution in [0.3, 0.4) is 0 Å². The Bertz CT molecular complexity index is 174. The highest BCUT2D eigenvalue weighted by atomic mass is 32.2. The van der Waals surface area contributed by atoms with Crippen molar-refractivity contribution in [1.29, 1.82) is 0 Å². The van der Waals surface area contributed by atoms with Crippen LogP contribution in [0.25, 0.3) is 0 Å². The van der Waals surface area contributed by atoms with Crippen molar-refractivity contribution in [3.8, 4) is 0 Å². The van der Waals surface area contributed by atoms with Crippen LogP contribution in [0.5, 0.6) is 0 Å². The van der Waals surface area contributed by atoms with Gasteiger partial charge >= 0.3 is 0 Å². The molecule has 2 nitrogen and oxygen atoms in total. The Labute approximate surface area is 85.4 Å². The molecule has 1 fully saturated rings. The Morgan fingerprint density at radius 2 is 2.15 bits per heavy atom. The van der Waals surface area contributed by atoms with Crippen molar-refractivity contribution in [2.45, 2.75) is 37.9 Å². The summed E-state index contributed by atoms with van der Waals surface area (Å²) in [6, 6.07) is 0. The summed E-state index contributed by atoms with van der Waals surface area (Å²) in [5, 5.41) is 0.597. The SMILES string of the molecule is CSC(C)CN=C(N)C1CCCC1. The van der Waals surface area contributed by atoms with Gasteiger partial charge in [-0.2, -0.15) is 11.8 Å². The monoisotopic (exact) mass is 200 g/mol. The zero-order valence-electron chi connectivity index (χ0n) is 8.62. The van der Waals surface area contributed by atoms with Gasteiger partial charge in [0.1, 0.15) is 0 Å². The second kappa shape index (κ2) is 5.53. The van der Waals surface area contributed by atoms with Gasteiger partial charge in [-0.05, 0) is 19.1 Å². The predicted octanol–water partition coefficient (Wildman–Crippen LogP) is 2.29. The van der Waals surface area contributed by atoms with Crippen molar-refractivity contribution in [2.24, 2.45) is 16.6 Å². The van der Waals surface area contributed by atoms with E-state index in [1.165, 1.54) is 25.7 Å². The lowest BCUT2D eigenvalue weighted by Gasteiger charge is -2.09. The van der Waals surface area contributed by atoms with Crippen LogP contribution in [0.4, 0.5) is 0 Å². The molecule has 1 saturated carbocycles. The van der Waals surface area contributed by atoms with Crippen LogP contribution in [0.1, 0.15) is 32.6 Å². The van der Waals surface area contributed by atoms with E-state index in [4.69, 9.17) is 5.73 Å². The minimum Gasteiger partial charge on any atom is -0.387 e. The quantitative estimate of drug-likeness (QED) is 0.558. The molecule has 76 valence electrons. The highest BCUT2D eigenvalue weighted by Crippen LogP contribution is 2.24. The maximum atomic E-state index is 5.92. The van der Waals surface area contributed by atoms with Gasteiger partial charge in [-0.3, -0.25) is 4.99 Å². The first-order valence-electron chi connectivity index (χ1n) is 5.06. The molecule has 0 aromatic rings. The maximum Gasteiger partial charge on any atom is 0.0968 e. The second-order valence-electron chi connectivity index (χ2n) is 3.79. The second-order valence-corrected chi connectivity index (χ2v) is 5.07. The predicted molar refractivity (Wildman–Crippen MR) is 61.4 cm³/mol. The molecule has 1 aliphatic carbocycles. The first-order valence-corrected chi connectivity index (χ1v) is 6.35. The van der Waals surface area contributed by atoms with E-state index in [0.29, 0.717) is 11.2 Å². The number of rotatable bonds is 4. The molecule has 0 heterocycles. The molecule has 3 heteroatoms. The normalized spacial score (nSPS) is 22.2. The standard InChI is InChI=1S/C10H20N2S/c1-8(13-2)7-12-10(11)9-5-3-4-6-9/h8-9H,3-7H2,1-2H3,(H2,11,12). The molecule has 0 amide bonds. The fraction of sp³-hybridized carbons (Fsp3) is 0.900. The van der Waals surface area contributed by atoms with Gasteiger partial charge in [0.15, 0.2) is 0 Å². The molecule has 2 N–H and O–H groups in total. The average molecular weight is 200 g/mol. The first kappa shape index (κ1) is 10.9. The van der Waals surface area contributed by atoms with E-state index in [1.807, 2.05) is 11.8 Å². The summed E-state index contributed by atoms with van der Waals surface area (Å²) in [6.07, 6.45) is 7.29. The smallest absolute Gasteiger partial charge is 0.0968 e. The number of nitrogens with two attached hydrogens (primary N) is 1. The van der Waals surface area contributed by atoms with E-state index in [0.717, 1.165) is 12.4 Å². The van der Waals surface area contributed by atoms with Gasteiger partial charge in [0.2, 0.25) is 0 Å². The summed E-state index contributed by atoms with van der Waals surface area (Å²) in [5.74, 6) is 1.49.